The largest absolute Gasteiger partial charge is 0.454 e. The number of fused-ring (bicyclic) bond motifs is 1. The molecular formula is C21H21ClN2O4. The normalized spacial score (nSPS) is 18.0. The summed E-state index contributed by atoms with van der Waals surface area (Å²) in [6.45, 7) is 1.73. The van der Waals surface area contributed by atoms with Crippen LogP contribution in [0.15, 0.2) is 42.5 Å². The number of carbonyl (C=O) groups is 2. The number of likely N-dealkylation sites (tertiary alicyclic amines) is 1. The molecule has 7 heteroatoms. The van der Waals surface area contributed by atoms with Crippen LogP contribution in [0.5, 0.6) is 11.5 Å². The van der Waals surface area contributed by atoms with Gasteiger partial charge >= 0.3 is 0 Å². The summed E-state index contributed by atoms with van der Waals surface area (Å²) in [7, 11) is 0. The lowest BCUT2D eigenvalue weighted by atomic mass is 9.96. The molecule has 0 spiro atoms. The smallest absolute Gasteiger partial charge is 0.253 e. The maximum absolute atomic E-state index is 12.7. The predicted octanol–water partition coefficient (Wildman–Crippen LogP) is 3.24. The van der Waals surface area contributed by atoms with Crippen LogP contribution in [-0.2, 0) is 11.3 Å². The van der Waals surface area contributed by atoms with E-state index in [4.69, 9.17) is 21.1 Å². The molecule has 2 aliphatic rings. The molecule has 1 atom stereocenters. The highest BCUT2D eigenvalue weighted by atomic mass is 35.5. The van der Waals surface area contributed by atoms with Crippen LogP contribution in [0.3, 0.4) is 0 Å². The molecule has 2 aliphatic heterocycles. The van der Waals surface area contributed by atoms with Gasteiger partial charge in [-0.2, -0.15) is 0 Å². The Labute approximate surface area is 168 Å². The van der Waals surface area contributed by atoms with E-state index in [-0.39, 0.29) is 24.5 Å². The number of benzene rings is 2. The highest BCUT2D eigenvalue weighted by Gasteiger charge is 2.29. The number of ether oxygens (including phenoxy) is 2. The third kappa shape index (κ3) is 4.07. The summed E-state index contributed by atoms with van der Waals surface area (Å²) in [4.78, 5) is 27.1. The van der Waals surface area contributed by atoms with Gasteiger partial charge in [-0.25, -0.2) is 0 Å². The molecule has 2 aromatic rings. The zero-order chi connectivity index (χ0) is 19.5. The van der Waals surface area contributed by atoms with Crippen molar-refractivity contribution >= 4 is 23.4 Å². The van der Waals surface area contributed by atoms with E-state index >= 15 is 0 Å². The number of hydrogen-bond acceptors (Lipinski definition) is 4. The summed E-state index contributed by atoms with van der Waals surface area (Å²) >= 11 is 5.89. The fourth-order valence-electron chi connectivity index (χ4n) is 3.54. The van der Waals surface area contributed by atoms with Gasteiger partial charge in [-0.1, -0.05) is 17.7 Å². The summed E-state index contributed by atoms with van der Waals surface area (Å²) < 4.78 is 10.7. The highest BCUT2D eigenvalue weighted by molar-refractivity contribution is 6.30. The molecule has 4 rings (SSSR count). The molecule has 146 valence electrons. The van der Waals surface area contributed by atoms with Gasteiger partial charge in [0, 0.05) is 30.2 Å². The number of amides is 2. The molecule has 1 saturated heterocycles. The van der Waals surface area contributed by atoms with E-state index in [0.29, 0.717) is 36.0 Å². The van der Waals surface area contributed by atoms with Gasteiger partial charge in [-0.3, -0.25) is 9.59 Å². The lowest BCUT2D eigenvalue weighted by Crippen LogP contribution is -2.45. The van der Waals surface area contributed by atoms with Gasteiger partial charge in [0.1, 0.15) is 0 Å². The molecule has 0 saturated carbocycles. The predicted molar refractivity (Wildman–Crippen MR) is 104 cm³/mol. The molecule has 1 fully saturated rings. The molecule has 2 aromatic carbocycles. The first-order chi connectivity index (χ1) is 13.6. The lowest BCUT2D eigenvalue weighted by Gasteiger charge is -2.32. The average Bonchev–Trinajstić information content (AvgIpc) is 3.20. The van der Waals surface area contributed by atoms with E-state index in [2.05, 4.69) is 5.32 Å². The fourth-order valence-corrected chi connectivity index (χ4v) is 3.66. The molecular weight excluding hydrogens is 380 g/mol. The van der Waals surface area contributed by atoms with Gasteiger partial charge in [0.25, 0.3) is 5.91 Å². The highest BCUT2D eigenvalue weighted by Crippen LogP contribution is 2.32. The van der Waals surface area contributed by atoms with E-state index in [1.165, 1.54) is 0 Å². The second kappa shape index (κ2) is 8.10. The quantitative estimate of drug-likeness (QED) is 0.855. The van der Waals surface area contributed by atoms with Crippen LogP contribution in [0.4, 0.5) is 0 Å². The number of halogens is 1. The van der Waals surface area contributed by atoms with E-state index < -0.39 is 0 Å². The number of nitrogens with zero attached hydrogens (tertiary/aromatic N) is 1. The van der Waals surface area contributed by atoms with E-state index in [9.17, 15) is 9.59 Å². The third-order valence-corrected chi connectivity index (χ3v) is 5.33. The summed E-state index contributed by atoms with van der Waals surface area (Å²) in [6.07, 6.45) is 1.58. The van der Waals surface area contributed by atoms with Gasteiger partial charge in [0.15, 0.2) is 11.5 Å². The van der Waals surface area contributed by atoms with E-state index in [0.717, 1.165) is 24.2 Å². The van der Waals surface area contributed by atoms with Gasteiger partial charge in [-0.05, 0) is 54.8 Å². The van der Waals surface area contributed by atoms with Crippen molar-refractivity contribution in [2.24, 2.45) is 5.92 Å². The van der Waals surface area contributed by atoms with E-state index in [1.54, 1.807) is 29.2 Å². The van der Waals surface area contributed by atoms with Crippen LogP contribution in [0.25, 0.3) is 0 Å². The van der Waals surface area contributed by atoms with Gasteiger partial charge in [-0.15, -0.1) is 0 Å². The van der Waals surface area contributed by atoms with Crippen LogP contribution in [0, 0.1) is 5.92 Å². The SMILES string of the molecule is O=C(NCc1ccc2c(c1)OCO2)[C@@H]1CCCN(C(=O)c2ccc(Cl)cc2)C1. The lowest BCUT2D eigenvalue weighted by molar-refractivity contribution is -0.126. The van der Waals surface area contributed by atoms with Crippen molar-refractivity contribution in [3.63, 3.8) is 0 Å². The van der Waals surface area contributed by atoms with Crippen LogP contribution < -0.4 is 14.8 Å². The summed E-state index contributed by atoms with van der Waals surface area (Å²) in [5, 5.41) is 3.57. The Kier molecular flexibility index (Phi) is 5.39. The topological polar surface area (TPSA) is 67.9 Å². The maximum atomic E-state index is 12.7. The first-order valence-corrected chi connectivity index (χ1v) is 9.69. The number of hydrogen-bond donors (Lipinski definition) is 1. The molecule has 1 N–H and O–H groups in total. The molecule has 0 bridgehead atoms. The average molecular weight is 401 g/mol. The summed E-state index contributed by atoms with van der Waals surface area (Å²) in [5.41, 5.74) is 1.54. The first kappa shape index (κ1) is 18.6. The molecule has 0 radical (unpaired) electrons. The van der Waals surface area contributed by atoms with Gasteiger partial charge < -0.3 is 19.7 Å². The second-order valence-corrected chi connectivity index (χ2v) is 7.44. The Balaban J connectivity index is 1.34. The Bertz CT molecular complexity index is 884. The van der Waals surface area contributed by atoms with Crippen LogP contribution in [0.1, 0.15) is 28.8 Å². The Morgan fingerprint density at radius 1 is 1.11 bits per heavy atom. The zero-order valence-electron chi connectivity index (χ0n) is 15.3. The van der Waals surface area contributed by atoms with Crippen LogP contribution in [0.2, 0.25) is 5.02 Å². The van der Waals surface area contributed by atoms with Crippen molar-refractivity contribution in [3.05, 3.63) is 58.6 Å². The van der Waals surface area contributed by atoms with Crippen molar-refractivity contribution in [2.75, 3.05) is 19.9 Å². The van der Waals surface area contributed by atoms with Crippen molar-refractivity contribution < 1.29 is 19.1 Å². The van der Waals surface area contributed by atoms with Crippen molar-refractivity contribution in [1.82, 2.24) is 10.2 Å². The molecule has 6 nitrogen and oxygen atoms in total. The van der Waals surface area contributed by atoms with Crippen molar-refractivity contribution in [1.29, 1.82) is 0 Å². The van der Waals surface area contributed by atoms with Crippen LogP contribution >= 0.6 is 11.6 Å². The summed E-state index contributed by atoms with van der Waals surface area (Å²) in [6, 6.07) is 12.5. The molecule has 0 aliphatic carbocycles. The minimum Gasteiger partial charge on any atom is -0.454 e. The van der Waals surface area contributed by atoms with Crippen molar-refractivity contribution in [3.8, 4) is 11.5 Å². The number of carbonyl (C=O) groups excluding carboxylic acids is 2. The molecule has 2 heterocycles. The zero-order valence-corrected chi connectivity index (χ0v) is 16.1. The van der Waals surface area contributed by atoms with E-state index in [1.807, 2.05) is 18.2 Å². The summed E-state index contributed by atoms with van der Waals surface area (Å²) in [5.74, 6) is 1.11. The third-order valence-electron chi connectivity index (χ3n) is 5.07. The number of piperidine rings is 1. The van der Waals surface area contributed by atoms with Crippen molar-refractivity contribution in [2.45, 2.75) is 19.4 Å². The maximum Gasteiger partial charge on any atom is 0.253 e. The molecule has 0 aromatic heterocycles. The first-order valence-electron chi connectivity index (χ1n) is 9.31. The number of nitrogens with one attached hydrogen (secondary N) is 1. The minimum atomic E-state index is -0.209. The Morgan fingerprint density at radius 2 is 1.89 bits per heavy atom. The molecule has 0 unspecified atom stereocenters. The number of rotatable bonds is 4. The minimum absolute atomic E-state index is 0.0359. The second-order valence-electron chi connectivity index (χ2n) is 7.00. The Hall–Kier alpha value is -2.73. The molecule has 2 amide bonds. The Morgan fingerprint density at radius 3 is 2.71 bits per heavy atom. The standard InChI is InChI=1S/C21H21ClN2O4/c22-17-6-4-15(5-7-17)21(26)24-9-1-2-16(12-24)20(25)23-11-14-3-8-18-19(10-14)28-13-27-18/h3-8,10,16H,1-2,9,11-13H2,(H,23,25)/t16-/m1/s1. The molecule has 28 heavy (non-hydrogen) atoms. The van der Waals surface area contributed by atoms with Crippen LogP contribution in [-0.4, -0.2) is 36.6 Å². The van der Waals surface area contributed by atoms with Gasteiger partial charge in [0.05, 0.1) is 5.92 Å². The monoisotopic (exact) mass is 400 g/mol. The van der Waals surface area contributed by atoms with Gasteiger partial charge in [0.2, 0.25) is 12.7 Å². The fraction of sp³-hybridized carbons (Fsp3) is 0.333.